The number of ketones is 2. The number of fused-ring (bicyclic) bond motifs is 3. The molecule has 0 saturated carbocycles. The van der Waals surface area contributed by atoms with Crippen molar-refractivity contribution in [2.24, 2.45) is 5.73 Å². The molecule has 0 amide bonds. The van der Waals surface area contributed by atoms with Crippen molar-refractivity contribution in [3.05, 3.63) is 51.6 Å². The molecule has 11 N–H and O–H groups in total. The van der Waals surface area contributed by atoms with Gasteiger partial charge in [-0.25, -0.2) is 4.79 Å². The fourth-order valence-electron chi connectivity index (χ4n) is 7.36. The van der Waals surface area contributed by atoms with Crippen LogP contribution in [-0.4, -0.2) is 144 Å². The van der Waals surface area contributed by atoms with Crippen LogP contribution in [0.15, 0.2) is 18.2 Å². The first-order valence-electron chi connectivity index (χ1n) is 16.1. The first kappa shape index (κ1) is 37.0. The number of carboxylic acids is 1. The van der Waals surface area contributed by atoms with Crippen molar-refractivity contribution in [3.8, 4) is 17.2 Å². The van der Waals surface area contributed by atoms with Gasteiger partial charge in [-0.05, 0) is 13.0 Å². The quantitative estimate of drug-likeness (QED) is 0.109. The molecule has 2 heterocycles. The Morgan fingerprint density at radius 3 is 2.33 bits per heavy atom. The van der Waals surface area contributed by atoms with E-state index in [4.69, 9.17) is 29.4 Å². The summed E-state index contributed by atoms with van der Waals surface area (Å²) in [6, 6.07) is 3.29. The number of carbonyl (C=O) groups excluding carboxylic acids is 2. The van der Waals surface area contributed by atoms with E-state index in [0.29, 0.717) is 0 Å². The first-order valence-corrected chi connectivity index (χ1v) is 16.1. The Balaban J connectivity index is 1.32. The molecule has 2 aliphatic heterocycles. The minimum atomic E-state index is -2.18. The third-order valence-corrected chi connectivity index (χ3v) is 10.0. The molecule has 0 bridgehead atoms. The van der Waals surface area contributed by atoms with E-state index in [1.165, 1.54) is 32.2 Å². The highest BCUT2D eigenvalue weighted by atomic mass is 16.7. The molecular weight excluding hydrogens is 682 g/mol. The second-order valence-electron chi connectivity index (χ2n) is 13.2. The standard InChI is InChI=1S/C33H39NO17/c1-10-29(50-32-28(43)26(41)27(42)30(51-32)31(44)45)13(34)6-17(48-10)49-15-8-33(46,16(36)9-35)7-12-19(15)25(40)21-20(23(12)38)22(37)11-4-3-5-14(47-2)18(11)24(21)39/h3-5,10,13,15-17,26-30,32,35-36,38,40-43,46H,6-9,34H2,1-2H3,(H,44,45)/t10-,13-,15-,16-,17-,26-,27-,28+,29-,30-,32+,33-/m0/s1. The third kappa shape index (κ3) is 6.05. The molecule has 2 aromatic carbocycles. The average molecular weight is 722 g/mol. The van der Waals surface area contributed by atoms with Crippen LogP contribution in [0.2, 0.25) is 0 Å². The van der Waals surface area contributed by atoms with Crippen LogP contribution in [0, 0.1) is 0 Å². The maximum atomic E-state index is 13.9. The van der Waals surface area contributed by atoms with Gasteiger partial charge >= 0.3 is 5.97 Å². The van der Waals surface area contributed by atoms with Crippen molar-refractivity contribution in [2.45, 2.75) is 99.2 Å². The van der Waals surface area contributed by atoms with Crippen LogP contribution in [0.25, 0.3) is 0 Å². The Morgan fingerprint density at radius 1 is 1.02 bits per heavy atom. The van der Waals surface area contributed by atoms with E-state index in [0.717, 1.165) is 0 Å². The number of phenols is 2. The largest absolute Gasteiger partial charge is 0.507 e. The van der Waals surface area contributed by atoms with E-state index >= 15 is 0 Å². The molecule has 0 radical (unpaired) electrons. The number of rotatable bonds is 8. The normalized spacial score (nSPS) is 35.4. The summed E-state index contributed by atoms with van der Waals surface area (Å²) in [5.74, 6) is -4.69. The van der Waals surface area contributed by atoms with E-state index in [1.54, 1.807) is 0 Å². The van der Waals surface area contributed by atoms with E-state index < -0.39 is 133 Å². The van der Waals surface area contributed by atoms with Gasteiger partial charge in [0.2, 0.25) is 5.78 Å². The summed E-state index contributed by atoms with van der Waals surface area (Å²) in [4.78, 5) is 39.1. The second-order valence-corrected chi connectivity index (χ2v) is 13.2. The maximum absolute atomic E-state index is 13.9. The minimum absolute atomic E-state index is 0.0482. The van der Waals surface area contributed by atoms with E-state index in [-0.39, 0.29) is 34.4 Å². The Bertz CT molecular complexity index is 1720. The molecule has 278 valence electrons. The van der Waals surface area contributed by atoms with E-state index in [2.05, 4.69) is 0 Å². The number of aliphatic hydroxyl groups is 6. The van der Waals surface area contributed by atoms with Crippen LogP contribution in [0.1, 0.15) is 68.8 Å². The topological polar surface area (TPSA) is 305 Å². The molecule has 6 rings (SSSR count). The second kappa shape index (κ2) is 13.6. The number of nitrogens with two attached hydrogens (primary N) is 1. The van der Waals surface area contributed by atoms with Crippen LogP contribution >= 0.6 is 0 Å². The SMILES string of the molecule is COc1cccc2c1C(=O)c1c(O)c3c(c(O)c1C2=O)C[C@@](O)([C@@H](O)CO)C[C@@H]3O[C@H]1C[C@H](N)[C@@H](O[C@@H]2O[C@H](C(=O)O)[C@@H](O)[C@H](O)[C@H]2O)[C@H](C)O1. The zero-order chi connectivity index (χ0) is 37.3. The molecule has 18 heteroatoms. The minimum Gasteiger partial charge on any atom is -0.507 e. The van der Waals surface area contributed by atoms with Crippen LogP contribution in [0.4, 0.5) is 0 Å². The Labute approximate surface area is 289 Å². The van der Waals surface area contributed by atoms with Crippen molar-refractivity contribution in [1.29, 1.82) is 0 Å². The van der Waals surface area contributed by atoms with Crippen molar-refractivity contribution < 1.29 is 84.0 Å². The van der Waals surface area contributed by atoms with Crippen LogP contribution < -0.4 is 10.5 Å². The highest BCUT2D eigenvalue weighted by Gasteiger charge is 2.52. The molecule has 2 aliphatic carbocycles. The van der Waals surface area contributed by atoms with Gasteiger partial charge in [-0.1, -0.05) is 12.1 Å². The summed E-state index contributed by atoms with van der Waals surface area (Å²) in [5.41, 5.74) is 2.51. The monoisotopic (exact) mass is 721 g/mol. The van der Waals surface area contributed by atoms with Gasteiger partial charge in [0.15, 0.2) is 24.5 Å². The molecule has 51 heavy (non-hydrogen) atoms. The lowest BCUT2D eigenvalue weighted by Gasteiger charge is -2.46. The van der Waals surface area contributed by atoms with Gasteiger partial charge in [0.05, 0.1) is 48.2 Å². The summed E-state index contributed by atoms with van der Waals surface area (Å²) in [6.45, 7) is 0.579. The van der Waals surface area contributed by atoms with Crippen molar-refractivity contribution in [2.75, 3.05) is 13.7 Å². The Hall–Kier alpha value is -3.79. The molecule has 0 unspecified atom stereocenters. The van der Waals surface area contributed by atoms with Crippen LogP contribution in [0.5, 0.6) is 17.2 Å². The number of carbonyl (C=O) groups is 3. The lowest BCUT2D eigenvalue weighted by atomic mass is 9.71. The number of phenolic OH excluding ortho intramolecular Hbond substituents is 2. The summed E-state index contributed by atoms with van der Waals surface area (Å²) in [6.07, 6.45) is -17.2. The number of benzene rings is 2. The number of aliphatic hydroxyl groups excluding tert-OH is 5. The number of aliphatic carboxylic acids is 1. The fourth-order valence-corrected chi connectivity index (χ4v) is 7.36. The van der Waals surface area contributed by atoms with Gasteiger partial charge in [-0.15, -0.1) is 0 Å². The highest BCUT2D eigenvalue weighted by Crippen LogP contribution is 2.53. The zero-order valence-corrected chi connectivity index (χ0v) is 27.3. The first-order chi connectivity index (χ1) is 24.0. The van der Waals surface area contributed by atoms with E-state index in [1.807, 2.05) is 0 Å². The van der Waals surface area contributed by atoms with Crippen molar-refractivity contribution in [1.82, 2.24) is 0 Å². The Morgan fingerprint density at radius 2 is 1.71 bits per heavy atom. The van der Waals surface area contributed by atoms with Crippen LogP contribution in [-0.2, 0) is 30.2 Å². The summed E-state index contributed by atoms with van der Waals surface area (Å²) < 4.78 is 28.4. The van der Waals surface area contributed by atoms with Crippen LogP contribution in [0.3, 0.4) is 0 Å². The molecule has 2 saturated heterocycles. The highest BCUT2D eigenvalue weighted by molar-refractivity contribution is 6.31. The average Bonchev–Trinajstić information content (AvgIpc) is 3.08. The van der Waals surface area contributed by atoms with Gasteiger partial charge in [0.25, 0.3) is 0 Å². The number of hydrogen-bond acceptors (Lipinski definition) is 17. The van der Waals surface area contributed by atoms with Crippen molar-refractivity contribution in [3.63, 3.8) is 0 Å². The number of aromatic hydroxyl groups is 2. The summed E-state index contributed by atoms with van der Waals surface area (Å²) >= 11 is 0. The zero-order valence-electron chi connectivity index (χ0n) is 27.3. The Kier molecular flexibility index (Phi) is 9.89. The lowest BCUT2D eigenvalue weighted by molar-refractivity contribution is -0.329. The van der Waals surface area contributed by atoms with Gasteiger partial charge in [0, 0.05) is 42.0 Å². The number of ether oxygens (including phenoxy) is 5. The molecule has 0 spiro atoms. The fraction of sp³-hybridized carbons (Fsp3) is 0.545. The molecule has 2 aromatic rings. The van der Waals surface area contributed by atoms with Crippen molar-refractivity contribution >= 4 is 17.5 Å². The molecular formula is C33H39NO17. The van der Waals surface area contributed by atoms with Gasteiger partial charge in [-0.3, -0.25) is 9.59 Å². The smallest absolute Gasteiger partial charge is 0.335 e. The molecule has 4 aliphatic rings. The predicted molar refractivity (Wildman–Crippen MR) is 166 cm³/mol. The molecule has 12 atom stereocenters. The summed E-state index contributed by atoms with van der Waals surface area (Å²) in [7, 11) is 1.29. The number of methoxy groups -OCH3 is 1. The number of hydrogen-bond donors (Lipinski definition) is 10. The lowest BCUT2D eigenvalue weighted by Crippen LogP contribution is -2.63. The maximum Gasteiger partial charge on any atom is 0.335 e. The number of carboxylic acid groups (broad SMARTS) is 1. The van der Waals surface area contributed by atoms with E-state index in [9.17, 15) is 60.3 Å². The molecule has 18 nitrogen and oxygen atoms in total. The van der Waals surface area contributed by atoms with Gasteiger partial charge in [-0.2, -0.15) is 0 Å². The van der Waals surface area contributed by atoms with Gasteiger partial charge in [0.1, 0.15) is 47.8 Å². The predicted octanol–water partition coefficient (Wildman–Crippen LogP) is -2.29. The molecule has 0 aromatic heterocycles. The molecule has 2 fully saturated rings. The van der Waals surface area contributed by atoms with Gasteiger partial charge < -0.3 is 75.4 Å². The third-order valence-electron chi connectivity index (χ3n) is 10.0. The summed E-state index contributed by atoms with van der Waals surface area (Å²) in [5, 5.41) is 95.2.